The molecule has 1 aromatic carbocycles. The van der Waals surface area contributed by atoms with Crippen LogP contribution < -0.4 is 20.7 Å². The van der Waals surface area contributed by atoms with Gasteiger partial charge in [0.05, 0.1) is 38.3 Å². The Hall–Kier alpha value is -3.22. The van der Waals surface area contributed by atoms with E-state index in [1.807, 2.05) is 0 Å². The molecule has 2 aromatic heterocycles. The van der Waals surface area contributed by atoms with Gasteiger partial charge in [-0.2, -0.15) is 5.10 Å². The molecular weight excluding hydrogens is 677 g/mol. The van der Waals surface area contributed by atoms with Crippen LogP contribution in [0.1, 0.15) is 86.0 Å². The van der Waals surface area contributed by atoms with Gasteiger partial charge in [0.25, 0.3) is 0 Å². The maximum absolute atomic E-state index is 5.77. The third-order valence-electron chi connectivity index (χ3n) is 11.7. The molecule has 298 valence electrons. The van der Waals surface area contributed by atoms with Gasteiger partial charge in [-0.3, -0.25) is 4.90 Å². The summed E-state index contributed by atoms with van der Waals surface area (Å²) in [5.74, 6) is 3.21. The lowest BCUT2D eigenvalue weighted by atomic mass is 9.94. The molecule has 2 fully saturated rings. The van der Waals surface area contributed by atoms with E-state index in [0.717, 1.165) is 107 Å². The number of methoxy groups -OCH3 is 1. The average Bonchev–Trinajstić information content (AvgIpc) is 3.80. The highest BCUT2D eigenvalue weighted by Gasteiger charge is 2.27. The summed E-state index contributed by atoms with van der Waals surface area (Å²) >= 11 is 0. The first-order valence-corrected chi connectivity index (χ1v) is 21.0. The van der Waals surface area contributed by atoms with Gasteiger partial charge in [-0.05, 0) is 126 Å². The number of hydrogen-bond acceptors (Lipinski definition) is 10. The van der Waals surface area contributed by atoms with Crippen molar-refractivity contribution < 1.29 is 14.2 Å². The number of ether oxygens (including phenoxy) is 3. The Bertz CT molecular complexity index is 1570. The van der Waals surface area contributed by atoms with Gasteiger partial charge in [0.2, 0.25) is 0 Å². The van der Waals surface area contributed by atoms with Gasteiger partial charge in [-0.25, -0.2) is 9.67 Å². The number of fused-ring (bicyclic) bond motifs is 1. The number of unbranched alkanes of at least 4 members (excludes halogenated alkanes) is 2. The molecule has 3 aliphatic heterocycles. The Morgan fingerprint density at radius 1 is 0.907 bits per heavy atom. The van der Waals surface area contributed by atoms with Gasteiger partial charge in [0, 0.05) is 87.7 Å². The number of anilines is 2. The zero-order valence-corrected chi connectivity index (χ0v) is 33.8. The second-order valence-electron chi connectivity index (χ2n) is 15.8. The van der Waals surface area contributed by atoms with Crippen LogP contribution in [-0.2, 0) is 22.3 Å². The summed E-state index contributed by atoms with van der Waals surface area (Å²) in [6, 6.07) is 11.7. The SMILES string of the molecule is CCC(CN1CCC(CCc2cc(OC)c3c(n2)NCCC3)C1)c1cc(N2CCN(CCCCCOCCOCCN)CC2)cc(-n2nc(C)cc2C)c1. The summed E-state index contributed by atoms with van der Waals surface area (Å²) < 4.78 is 19.0. The number of rotatable bonds is 21. The van der Waals surface area contributed by atoms with E-state index in [1.165, 1.54) is 67.0 Å². The van der Waals surface area contributed by atoms with Crippen LogP contribution in [0.3, 0.4) is 0 Å². The first-order valence-electron chi connectivity index (χ1n) is 21.0. The van der Waals surface area contributed by atoms with Crippen LogP contribution >= 0.6 is 0 Å². The smallest absolute Gasteiger partial charge is 0.133 e. The molecular formula is C43H68N8O3. The molecule has 0 amide bonds. The van der Waals surface area contributed by atoms with Crippen molar-refractivity contribution in [2.24, 2.45) is 11.7 Å². The molecule has 0 bridgehead atoms. The Balaban J connectivity index is 1.03. The van der Waals surface area contributed by atoms with E-state index in [1.54, 1.807) is 7.11 Å². The van der Waals surface area contributed by atoms with Gasteiger partial charge in [-0.1, -0.05) is 6.92 Å². The van der Waals surface area contributed by atoms with E-state index in [4.69, 9.17) is 30.0 Å². The minimum Gasteiger partial charge on any atom is -0.496 e. The molecule has 3 aliphatic rings. The average molecular weight is 745 g/mol. The fourth-order valence-corrected chi connectivity index (χ4v) is 8.62. The van der Waals surface area contributed by atoms with Crippen LogP contribution in [0.4, 0.5) is 11.5 Å². The number of aromatic nitrogens is 3. The standard InChI is InChI=1S/C43H68N8O3/c1-5-36(32-49-17-13-35(31-49)11-12-38-29-42(52-4)41-10-9-15-45-43(41)46-38)37-27-39(30-40(28-37)51-34(3)26-33(2)47-51)50-20-18-48(19-21-50)16-7-6-8-22-53-24-25-54-23-14-44/h26-30,35-36H,5-25,31-32,44H2,1-4H3,(H,45,46). The molecule has 3 aromatic rings. The maximum Gasteiger partial charge on any atom is 0.133 e. The zero-order chi connectivity index (χ0) is 37.7. The van der Waals surface area contributed by atoms with Gasteiger partial charge in [0.15, 0.2) is 0 Å². The normalized spacial score (nSPS) is 18.5. The molecule has 5 heterocycles. The van der Waals surface area contributed by atoms with Gasteiger partial charge in [0.1, 0.15) is 11.6 Å². The number of likely N-dealkylation sites (tertiary alicyclic amines) is 1. The van der Waals surface area contributed by atoms with Crippen LogP contribution in [0, 0.1) is 19.8 Å². The van der Waals surface area contributed by atoms with E-state index in [9.17, 15) is 0 Å². The number of aryl methyl sites for hydroxylation is 3. The van der Waals surface area contributed by atoms with E-state index in [0.29, 0.717) is 38.2 Å². The first-order chi connectivity index (χ1) is 26.4. The van der Waals surface area contributed by atoms with Crippen molar-refractivity contribution in [3.63, 3.8) is 0 Å². The van der Waals surface area contributed by atoms with Gasteiger partial charge in [-0.15, -0.1) is 0 Å². The lowest BCUT2D eigenvalue weighted by molar-refractivity contribution is 0.0490. The minimum absolute atomic E-state index is 0.473. The fourth-order valence-electron chi connectivity index (χ4n) is 8.62. The molecule has 0 saturated carbocycles. The number of nitrogens with two attached hydrogens (primary N) is 1. The summed E-state index contributed by atoms with van der Waals surface area (Å²) in [7, 11) is 1.79. The van der Waals surface area contributed by atoms with Crippen LogP contribution in [0.2, 0.25) is 0 Å². The van der Waals surface area contributed by atoms with Crippen molar-refractivity contribution >= 4 is 11.5 Å². The highest BCUT2D eigenvalue weighted by molar-refractivity contribution is 5.57. The molecule has 2 saturated heterocycles. The third-order valence-corrected chi connectivity index (χ3v) is 11.7. The molecule has 2 unspecified atom stereocenters. The van der Waals surface area contributed by atoms with Crippen LogP contribution in [-0.4, -0.2) is 124 Å². The van der Waals surface area contributed by atoms with Gasteiger partial charge >= 0.3 is 0 Å². The molecule has 11 nitrogen and oxygen atoms in total. The maximum atomic E-state index is 5.77. The predicted molar refractivity (Wildman–Crippen MR) is 220 cm³/mol. The molecule has 0 spiro atoms. The second kappa shape index (κ2) is 20.6. The fraction of sp³-hybridized carbons (Fsp3) is 0.674. The van der Waals surface area contributed by atoms with E-state index >= 15 is 0 Å². The lowest BCUT2D eigenvalue weighted by Gasteiger charge is -2.37. The number of pyridine rings is 1. The zero-order valence-electron chi connectivity index (χ0n) is 33.8. The van der Waals surface area contributed by atoms with Crippen molar-refractivity contribution in [1.29, 1.82) is 0 Å². The quantitative estimate of drug-likeness (QED) is 0.127. The topological polar surface area (TPSA) is 106 Å². The highest BCUT2D eigenvalue weighted by Crippen LogP contribution is 2.34. The van der Waals surface area contributed by atoms with Gasteiger partial charge < -0.3 is 35.1 Å². The highest BCUT2D eigenvalue weighted by atomic mass is 16.5. The summed E-state index contributed by atoms with van der Waals surface area (Å²) in [6.07, 6.45) is 10.3. The lowest BCUT2D eigenvalue weighted by Crippen LogP contribution is -2.46. The summed E-state index contributed by atoms with van der Waals surface area (Å²) in [5, 5.41) is 8.42. The van der Waals surface area contributed by atoms with E-state index in [2.05, 4.69) is 75.8 Å². The third kappa shape index (κ3) is 11.2. The Labute approximate surface area is 324 Å². The molecule has 54 heavy (non-hydrogen) atoms. The van der Waals surface area contributed by atoms with Crippen LogP contribution in [0.15, 0.2) is 30.3 Å². The van der Waals surface area contributed by atoms with Crippen molar-refractivity contribution in [3.05, 3.63) is 58.5 Å². The summed E-state index contributed by atoms with van der Waals surface area (Å²) in [5.41, 5.74) is 14.1. The van der Waals surface area contributed by atoms with E-state index in [-0.39, 0.29) is 0 Å². The predicted octanol–water partition coefficient (Wildman–Crippen LogP) is 5.98. The van der Waals surface area contributed by atoms with Crippen LogP contribution in [0.25, 0.3) is 5.69 Å². The molecule has 6 rings (SSSR count). The van der Waals surface area contributed by atoms with Crippen molar-refractivity contribution in [2.75, 3.05) is 109 Å². The Morgan fingerprint density at radius 3 is 2.48 bits per heavy atom. The second-order valence-corrected chi connectivity index (χ2v) is 15.8. The molecule has 2 atom stereocenters. The molecule has 0 radical (unpaired) electrons. The van der Waals surface area contributed by atoms with Crippen molar-refractivity contribution in [3.8, 4) is 11.4 Å². The summed E-state index contributed by atoms with van der Waals surface area (Å²) in [4.78, 5) is 13.0. The Morgan fingerprint density at radius 2 is 1.72 bits per heavy atom. The number of benzene rings is 1. The summed E-state index contributed by atoms with van der Waals surface area (Å²) in [6.45, 7) is 19.8. The number of piperazine rings is 1. The number of hydrogen-bond donors (Lipinski definition) is 2. The number of nitrogens with zero attached hydrogens (tertiary/aromatic N) is 6. The largest absolute Gasteiger partial charge is 0.496 e. The Kier molecular flexibility index (Phi) is 15.4. The monoisotopic (exact) mass is 745 g/mol. The van der Waals surface area contributed by atoms with Crippen LogP contribution in [0.5, 0.6) is 5.75 Å². The molecule has 0 aliphatic carbocycles. The number of nitrogens with one attached hydrogen (secondary N) is 1. The molecule has 11 heteroatoms. The van der Waals surface area contributed by atoms with Crippen molar-refractivity contribution in [1.82, 2.24) is 24.6 Å². The minimum atomic E-state index is 0.473. The van der Waals surface area contributed by atoms with Crippen molar-refractivity contribution in [2.45, 2.75) is 84.5 Å². The van der Waals surface area contributed by atoms with E-state index < -0.39 is 0 Å². The first kappa shape index (κ1) is 40.4. The molecule has 3 N–H and O–H groups in total.